The Kier molecular flexibility index (Phi) is 30.6. The van der Waals surface area contributed by atoms with Crippen LogP contribution in [0.5, 0.6) is 0 Å². The van der Waals surface area contributed by atoms with E-state index < -0.39 is 5.79 Å². The van der Waals surface area contributed by atoms with Gasteiger partial charge in [-0.25, -0.2) is 0 Å². The maximum atomic E-state index is 6.91. The molecule has 49 heavy (non-hydrogen) atoms. The molecule has 1 saturated heterocycles. The lowest BCUT2D eigenvalue weighted by molar-refractivity contribution is -0.187. The van der Waals surface area contributed by atoms with Crippen LogP contribution in [-0.4, -0.2) is 69.1 Å². The molecule has 1 heterocycles. The lowest BCUT2D eigenvalue weighted by Gasteiger charge is -2.29. The number of likely N-dealkylation sites (N-methyl/N-ethyl adjacent to an activating group) is 2. The molecule has 1 aliphatic heterocycles. The normalized spacial score (nSPS) is 18.3. The number of nitrogens with zero attached hydrogens (tertiary/aromatic N) is 2. The van der Waals surface area contributed by atoms with Crippen molar-refractivity contribution in [2.24, 2.45) is 0 Å². The minimum atomic E-state index is -0.397. The molecule has 0 radical (unpaired) electrons. The third-order valence-corrected chi connectivity index (χ3v) is 9.75. The second kappa shape index (κ2) is 32.7. The number of hydrogen-bond donors (Lipinski definition) is 0. The average molecular weight is 685 g/mol. The Morgan fingerprint density at radius 1 is 0.408 bits per heavy atom. The maximum Gasteiger partial charge on any atom is 0.169 e. The van der Waals surface area contributed by atoms with E-state index in [-0.39, 0.29) is 12.2 Å². The smallest absolute Gasteiger partial charge is 0.169 e. The molecule has 0 N–H and O–H groups in total. The molecule has 0 aromatic heterocycles. The number of rotatable bonds is 34. The summed E-state index contributed by atoms with van der Waals surface area (Å²) in [5.74, 6) is -0.397. The minimum absolute atomic E-state index is 0.145. The molecular weight excluding hydrogens is 601 g/mol. The average Bonchev–Trinajstić information content (AvgIpc) is 3.39. The van der Waals surface area contributed by atoms with E-state index in [0.717, 1.165) is 38.8 Å². The Morgan fingerprint density at radius 2 is 0.714 bits per heavy atom. The van der Waals surface area contributed by atoms with Crippen LogP contribution in [0.25, 0.3) is 0 Å². The summed E-state index contributed by atoms with van der Waals surface area (Å²) in [6, 6.07) is 0. The summed E-state index contributed by atoms with van der Waals surface area (Å²) in [6.45, 7) is 6.39. The van der Waals surface area contributed by atoms with E-state index in [1.807, 2.05) is 0 Å². The fourth-order valence-electron chi connectivity index (χ4n) is 6.89. The quantitative estimate of drug-likeness (QED) is 0.0497. The van der Waals surface area contributed by atoms with E-state index in [0.29, 0.717) is 0 Å². The van der Waals surface area contributed by atoms with Gasteiger partial charge in [-0.05, 0) is 105 Å². The van der Waals surface area contributed by atoms with Gasteiger partial charge in [-0.3, -0.25) is 0 Å². The summed E-state index contributed by atoms with van der Waals surface area (Å²) in [5.41, 5.74) is 0. The highest BCUT2D eigenvalue weighted by atomic mass is 16.8. The first-order valence-electron chi connectivity index (χ1n) is 21.2. The molecule has 0 amide bonds. The lowest BCUT2D eigenvalue weighted by atomic mass is 9.98. The van der Waals surface area contributed by atoms with Crippen LogP contribution in [0.4, 0.5) is 0 Å². The van der Waals surface area contributed by atoms with E-state index in [2.05, 4.69) is 100 Å². The van der Waals surface area contributed by atoms with Crippen molar-refractivity contribution < 1.29 is 9.47 Å². The summed E-state index contributed by atoms with van der Waals surface area (Å²) in [6.07, 6.45) is 52.0. The van der Waals surface area contributed by atoms with Gasteiger partial charge in [-0.2, -0.15) is 0 Å². The standard InChI is InChI=1S/C45H84N2O2/c1-7-9-11-13-15-17-19-21-23-25-27-29-31-33-35-37-39-45(48-43(41-46(3)4)44(49-45)42-47(5)6)40-38-36-34-32-30-28-26-24-22-20-18-16-14-12-10-8-2/h15-18,21-24,43-44H,7-14,19-20,25-42H2,1-6H3/b17-15-,18-16-,23-21-,24-22-/t43-,44-/m1/s1. The van der Waals surface area contributed by atoms with E-state index in [9.17, 15) is 0 Å². The topological polar surface area (TPSA) is 24.9 Å². The highest BCUT2D eigenvalue weighted by Crippen LogP contribution is 2.38. The van der Waals surface area contributed by atoms with E-state index in [4.69, 9.17) is 9.47 Å². The van der Waals surface area contributed by atoms with Crippen LogP contribution in [0.3, 0.4) is 0 Å². The molecule has 4 nitrogen and oxygen atoms in total. The second-order valence-corrected chi connectivity index (χ2v) is 15.4. The summed E-state index contributed by atoms with van der Waals surface area (Å²) in [4.78, 5) is 4.52. The van der Waals surface area contributed by atoms with Crippen LogP contribution in [0, 0.1) is 0 Å². The van der Waals surface area contributed by atoms with Gasteiger partial charge in [0.2, 0.25) is 0 Å². The Hall–Kier alpha value is -1.20. The molecule has 0 aliphatic carbocycles. The highest BCUT2D eigenvalue weighted by Gasteiger charge is 2.46. The first-order valence-corrected chi connectivity index (χ1v) is 21.2. The van der Waals surface area contributed by atoms with Crippen LogP contribution in [0.15, 0.2) is 48.6 Å². The monoisotopic (exact) mass is 685 g/mol. The van der Waals surface area contributed by atoms with E-state index in [1.54, 1.807) is 0 Å². The Bertz CT molecular complexity index is 762. The van der Waals surface area contributed by atoms with Gasteiger partial charge < -0.3 is 19.3 Å². The Labute approximate surface area is 307 Å². The van der Waals surface area contributed by atoms with Crippen molar-refractivity contribution >= 4 is 0 Å². The molecule has 286 valence electrons. The number of allylic oxidation sites excluding steroid dienone is 8. The van der Waals surface area contributed by atoms with Gasteiger partial charge in [0, 0.05) is 25.9 Å². The molecule has 0 aromatic rings. The number of hydrogen-bond acceptors (Lipinski definition) is 4. The highest BCUT2D eigenvalue weighted by molar-refractivity contribution is 4.94. The number of ether oxygens (including phenoxy) is 2. The van der Waals surface area contributed by atoms with Crippen LogP contribution >= 0.6 is 0 Å². The van der Waals surface area contributed by atoms with Crippen LogP contribution in [-0.2, 0) is 9.47 Å². The molecular formula is C45H84N2O2. The van der Waals surface area contributed by atoms with Gasteiger partial charge in [0.1, 0.15) is 12.2 Å². The van der Waals surface area contributed by atoms with Crippen molar-refractivity contribution in [3.63, 3.8) is 0 Å². The zero-order valence-electron chi connectivity index (χ0n) is 33.8. The zero-order valence-corrected chi connectivity index (χ0v) is 33.8. The van der Waals surface area contributed by atoms with Gasteiger partial charge in [-0.1, -0.05) is 140 Å². The van der Waals surface area contributed by atoms with Crippen LogP contribution < -0.4 is 0 Å². The molecule has 0 bridgehead atoms. The third kappa shape index (κ3) is 27.2. The second-order valence-electron chi connectivity index (χ2n) is 15.4. The van der Waals surface area contributed by atoms with Crippen LogP contribution in [0.2, 0.25) is 0 Å². The van der Waals surface area contributed by atoms with Crippen molar-refractivity contribution in [1.82, 2.24) is 9.80 Å². The van der Waals surface area contributed by atoms with Gasteiger partial charge in [-0.15, -0.1) is 0 Å². The van der Waals surface area contributed by atoms with E-state index >= 15 is 0 Å². The molecule has 1 fully saturated rings. The van der Waals surface area contributed by atoms with E-state index in [1.165, 1.54) is 141 Å². The van der Waals surface area contributed by atoms with Gasteiger partial charge >= 0.3 is 0 Å². The molecule has 4 heteroatoms. The van der Waals surface area contributed by atoms with Gasteiger partial charge in [0.15, 0.2) is 5.79 Å². The first-order chi connectivity index (χ1) is 23.9. The minimum Gasteiger partial charge on any atom is -0.343 e. The largest absolute Gasteiger partial charge is 0.343 e. The third-order valence-electron chi connectivity index (χ3n) is 9.75. The fourth-order valence-corrected chi connectivity index (χ4v) is 6.89. The van der Waals surface area contributed by atoms with Gasteiger partial charge in [0.25, 0.3) is 0 Å². The molecule has 2 atom stereocenters. The SMILES string of the molecule is CCCCC/C=C\C/C=C\CCCCCCCCC1(CCCCCCCC/C=C\C/C=C\CCCCC)O[C@H](CN(C)C)[C@@H](CN(C)C)O1. The van der Waals surface area contributed by atoms with Crippen molar-refractivity contribution in [2.75, 3.05) is 41.3 Å². The molecule has 0 aromatic carbocycles. The van der Waals surface area contributed by atoms with Crippen molar-refractivity contribution in [3.8, 4) is 0 Å². The fraction of sp³-hybridized carbons (Fsp3) is 0.822. The first kappa shape index (κ1) is 45.8. The predicted molar refractivity (Wildman–Crippen MR) is 218 cm³/mol. The van der Waals surface area contributed by atoms with Crippen molar-refractivity contribution in [3.05, 3.63) is 48.6 Å². The Balaban J connectivity index is 2.34. The molecule has 1 aliphatic rings. The van der Waals surface area contributed by atoms with Crippen molar-refractivity contribution in [1.29, 1.82) is 0 Å². The summed E-state index contributed by atoms with van der Waals surface area (Å²) >= 11 is 0. The molecule has 0 unspecified atom stereocenters. The van der Waals surface area contributed by atoms with Crippen LogP contribution in [0.1, 0.15) is 181 Å². The van der Waals surface area contributed by atoms with Gasteiger partial charge in [0.05, 0.1) is 0 Å². The predicted octanol–water partition coefficient (Wildman–Crippen LogP) is 13.0. The summed E-state index contributed by atoms with van der Waals surface area (Å²) in [7, 11) is 8.61. The van der Waals surface area contributed by atoms with Crippen molar-refractivity contribution in [2.45, 2.75) is 199 Å². The lowest BCUT2D eigenvalue weighted by Crippen LogP contribution is -2.39. The number of unbranched alkanes of at least 4 members (excludes halogenated alkanes) is 18. The molecule has 1 rings (SSSR count). The summed E-state index contributed by atoms with van der Waals surface area (Å²) in [5, 5.41) is 0. The molecule has 0 saturated carbocycles. The summed E-state index contributed by atoms with van der Waals surface area (Å²) < 4.78 is 13.8. The maximum absolute atomic E-state index is 6.91. The zero-order chi connectivity index (χ0) is 35.7. The molecule has 0 spiro atoms. The Morgan fingerprint density at radius 3 is 1.04 bits per heavy atom.